The smallest absolute Gasteiger partial charge is 0.233 e. The van der Waals surface area contributed by atoms with Gasteiger partial charge in [0.05, 0.1) is 11.8 Å². The first-order chi connectivity index (χ1) is 9.72. The molecule has 3 aliphatic heterocycles. The third-order valence-corrected chi connectivity index (χ3v) is 6.32. The molecular formula is C16H20N2O2. The van der Waals surface area contributed by atoms with E-state index in [2.05, 4.69) is 17.5 Å². The van der Waals surface area contributed by atoms with Gasteiger partial charge in [0.2, 0.25) is 11.8 Å². The van der Waals surface area contributed by atoms with Crippen LogP contribution in [0.5, 0.6) is 0 Å². The predicted octanol–water partition coefficient (Wildman–Crippen LogP) is 1.08. The molecule has 0 aromatic rings. The summed E-state index contributed by atoms with van der Waals surface area (Å²) in [6.45, 7) is 0. The Hall–Kier alpha value is -1.16. The van der Waals surface area contributed by atoms with E-state index in [9.17, 15) is 9.59 Å². The van der Waals surface area contributed by atoms with Gasteiger partial charge in [-0.15, -0.1) is 0 Å². The van der Waals surface area contributed by atoms with E-state index >= 15 is 0 Å². The van der Waals surface area contributed by atoms with Gasteiger partial charge in [-0.05, 0) is 43.9 Å². The Balaban J connectivity index is 1.45. The summed E-state index contributed by atoms with van der Waals surface area (Å²) < 4.78 is 0. The fourth-order valence-electron chi connectivity index (χ4n) is 5.52. The Labute approximate surface area is 118 Å². The monoisotopic (exact) mass is 272 g/mol. The zero-order chi connectivity index (χ0) is 13.4. The number of carbonyl (C=O) groups excluding carboxylic acids is 2. The second kappa shape index (κ2) is 3.73. The number of carbonyl (C=O) groups is 2. The summed E-state index contributed by atoms with van der Waals surface area (Å²) in [7, 11) is 0. The van der Waals surface area contributed by atoms with Crippen LogP contribution in [-0.2, 0) is 9.59 Å². The molecule has 3 heterocycles. The lowest BCUT2D eigenvalue weighted by Crippen LogP contribution is -2.51. The molecule has 2 aliphatic carbocycles. The summed E-state index contributed by atoms with van der Waals surface area (Å²) in [5.41, 5.74) is 0. The molecular weight excluding hydrogens is 252 g/mol. The molecule has 106 valence electrons. The number of allylic oxidation sites excluding steroid dienone is 2. The number of likely N-dealkylation sites (tertiary alicyclic amines) is 1. The Morgan fingerprint density at radius 1 is 0.900 bits per heavy atom. The lowest BCUT2D eigenvalue weighted by molar-refractivity contribution is -0.144. The molecule has 0 radical (unpaired) electrons. The largest absolute Gasteiger partial charge is 0.311 e. The highest BCUT2D eigenvalue weighted by Crippen LogP contribution is 2.53. The van der Waals surface area contributed by atoms with Gasteiger partial charge in [0.1, 0.15) is 0 Å². The van der Waals surface area contributed by atoms with E-state index < -0.39 is 0 Å². The highest BCUT2D eigenvalue weighted by molar-refractivity contribution is 6.06. The van der Waals surface area contributed by atoms with Gasteiger partial charge in [0, 0.05) is 18.1 Å². The Kier molecular flexibility index (Phi) is 2.14. The quantitative estimate of drug-likeness (QED) is 0.574. The van der Waals surface area contributed by atoms with E-state index in [1.54, 1.807) is 4.90 Å². The molecule has 4 heteroatoms. The van der Waals surface area contributed by atoms with E-state index in [1.165, 1.54) is 12.8 Å². The van der Waals surface area contributed by atoms with Crippen molar-refractivity contribution < 1.29 is 9.59 Å². The SMILES string of the molecule is O=C1C2C3C=CC(C3)C2C(=O)N1C1CC2CCC(C1)N2. The second-order valence-electron chi connectivity index (χ2n) is 7.31. The zero-order valence-corrected chi connectivity index (χ0v) is 11.5. The van der Waals surface area contributed by atoms with Crippen LogP contribution in [0.3, 0.4) is 0 Å². The normalized spacial score (nSPS) is 52.2. The van der Waals surface area contributed by atoms with E-state index in [1.807, 2.05) is 0 Å². The summed E-state index contributed by atoms with van der Waals surface area (Å²) in [4.78, 5) is 27.2. The number of piperidine rings is 1. The molecule has 1 N–H and O–H groups in total. The van der Waals surface area contributed by atoms with Gasteiger partial charge in [0.25, 0.3) is 0 Å². The van der Waals surface area contributed by atoms with Crippen molar-refractivity contribution in [2.24, 2.45) is 23.7 Å². The fourth-order valence-corrected chi connectivity index (χ4v) is 5.52. The molecule has 0 aromatic carbocycles. The Bertz CT molecular complexity index is 487. The molecule has 6 atom stereocenters. The topological polar surface area (TPSA) is 49.4 Å². The maximum atomic E-state index is 12.8. The van der Waals surface area contributed by atoms with Crippen molar-refractivity contribution in [3.63, 3.8) is 0 Å². The van der Waals surface area contributed by atoms with E-state index in [-0.39, 0.29) is 29.7 Å². The van der Waals surface area contributed by atoms with Crippen molar-refractivity contribution in [2.75, 3.05) is 0 Å². The Morgan fingerprint density at radius 2 is 1.45 bits per heavy atom. The molecule has 1 saturated carbocycles. The summed E-state index contributed by atoms with van der Waals surface area (Å²) in [5.74, 6) is 0.913. The van der Waals surface area contributed by atoms with Crippen LogP contribution < -0.4 is 5.32 Å². The summed E-state index contributed by atoms with van der Waals surface area (Å²) >= 11 is 0. The van der Waals surface area contributed by atoms with Crippen LogP contribution >= 0.6 is 0 Å². The van der Waals surface area contributed by atoms with Crippen LogP contribution in [0.4, 0.5) is 0 Å². The number of rotatable bonds is 1. The molecule has 3 saturated heterocycles. The molecule has 4 fully saturated rings. The van der Waals surface area contributed by atoms with Crippen molar-refractivity contribution in [1.82, 2.24) is 10.2 Å². The van der Waals surface area contributed by atoms with Gasteiger partial charge in [-0.3, -0.25) is 14.5 Å². The van der Waals surface area contributed by atoms with Crippen molar-refractivity contribution in [1.29, 1.82) is 0 Å². The summed E-state index contributed by atoms with van der Waals surface area (Å²) in [5, 5.41) is 3.59. The van der Waals surface area contributed by atoms with Gasteiger partial charge >= 0.3 is 0 Å². The number of nitrogens with zero attached hydrogens (tertiary/aromatic N) is 1. The van der Waals surface area contributed by atoms with Crippen molar-refractivity contribution in [3.05, 3.63) is 12.2 Å². The molecule has 4 nitrogen and oxygen atoms in total. The maximum absolute atomic E-state index is 12.8. The van der Waals surface area contributed by atoms with E-state index in [0.29, 0.717) is 23.9 Å². The Morgan fingerprint density at radius 3 is 2.00 bits per heavy atom. The molecule has 2 amide bonds. The first-order valence-electron chi connectivity index (χ1n) is 8.03. The third kappa shape index (κ3) is 1.31. The van der Waals surface area contributed by atoms with Gasteiger partial charge < -0.3 is 5.32 Å². The van der Waals surface area contributed by atoms with Gasteiger partial charge in [-0.25, -0.2) is 0 Å². The van der Waals surface area contributed by atoms with Crippen LogP contribution in [0, 0.1) is 23.7 Å². The van der Waals surface area contributed by atoms with Crippen LogP contribution in [-0.4, -0.2) is 34.8 Å². The number of amides is 2. The highest BCUT2D eigenvalue weighted by atomic mass is 16.2. The third-order valence-electron chi connectivity index (χ3n) is 6.32. The standard InChI is InChI=1S/C16H20N2O2/c19-15-13-8-1-2-9(5-8)14(13)16(20)18(15)12-6-10-3-4-11(7-12)17-10/h1-2,8-14,17H,3-7H2. The van der Waals surface area contributed by atoms with Crippen molar-refractivity contribution >= 4 is 11.8 Å². The molecule has 0 spiro atoms. The number of fused-ring (bicyclic) bond motifs is 7. The molecule has 5 aliphatic rings. The highest BCUT2D eigenvalue weighted by Gasteiger charge is 2.60. The van der Waals surface area contributed by atoms with Crippen molar-refractivity contribution in [3.8, 4) is 0 Å². The molecule has 5 rings (SSSR count). The van der Waals surface area contributed by atoms with Crippen LogP contribution in [0.2, 0.25) is 0 Å². The van der Waals surface area contributed by atoms with Crippen LogP contribution in [0.1, 0.15) is 32.1 Å². The molecule has 4 bridgehead atoms. The summed E-state index contributed by atoms with van der Waals surface area (Å²) in [6.07, 6.45) is 9.72. The minimum atomic E-state index is -0.0231. The number of imide groups is 1. The second-order valence-corrected chi connectivity index (χ2v) is 7.31. The first kappa shape index (κ1) is 11.5. The first-order valence-corrected chi connectivity index (χ1v) is 8.03. The number of hydrogen-bond donors (Lipinski definition) is 1. The average Bonchev–Trinajstić information content (AvgIpc) is 3.16. The van der Waals surface area contributed by atoms with Crippen molar-refractivity contribution in [2.45, 2.75) is 50.2 Å². The minimum Gasteiger partial charge on any atom is -0.311 e. The lowest BCUT2D eigenvalue weighted by Gasteiger charge is -2.35. The van der Waals surface area contributed by atoms with E-state index in [4.69, 9.17) is 0 Å². The van der Waals surface area contributed by atoms with Gasteiger partial charge in [0.15, 0.2) is 0 Å². The molecule has 20 heavy (non-hydrogen) atoms. The van der Waals surface area contributed by atoms with Gasteiger partial charge in [-0.1, -0.05) is 12.2 Å². The number of nitrogens with one attached hydrogen (secondary N) is 1. The maximum Gasteiger partial charge on any atom is 0.233 e. The molecule has 0 aromatic heterocycles. The van der Waals surface area contributed by atoms with E-state index in [0.717, 1.165) is 19.3 Å². The minimum absolute atomic E-state index is 0.0231. The lowest BCUT2D eigenvalue weighted by atomic mass is 9.85. The van der Waals surface area contributed by atoms with Gasteiger partial charge in [-0.2, -0.15) is 0 Å². The average molecular weight is 272 g/mol. The number of hydrogen-bond acceptors (Lipinski definition) is 3. The molecule has 6 unspecified atom stereocenters. The van der Waals surface area contributed by atoms with Crippen LogP contribution in [0.25, 0.3) is 0 Å². The fraction of sp³-hybridized carbons (Fsp3) is 0.750. The zero-order valence-electron chi connectivity index (χ0n) is 11.5. The predicted molar refractivity (Wildman–Crippen MR) is 72.5 cm³/mol. The van der Waals surface area contributed by atoms with Crippen LogP contribution in [0.15, 0.2) is 12.2 Å². The summed E-state index contributed by atoms with van der Waals surface area (Å²) in [6, 6.07) is 1.21.